The molecule has 0 aromatic carbocycles. The van der Waals surface area contributed by atoms with Gasteiger partial charge in [0, 0.05) is 12.6 Å². The maximum atomic E-state index is 11.6. The van der Waals surface area contributed by atoms with Crippen LogP contribution in [0.25, 0.3) is 0 Å². The third-order valence-electron chi connectivity index (χ3n) is 3.08. The van der Waals surface area contributed by atoms with E-state index in [0.29, 0.717) is 18.7 Å². The van der Waals surface area contributed by atoms with E-state index in [-0.39, 0.29) is 11.6 Å². The number of carboxylic acids is 1. The maximum Gasteiger partial charge on any atom is 0.339 e. The third kappa shape index (κ3) is 3.90. The van der Waals surface area contributed by atoms with Crippen LogP contribution in [0.15, 0.2) is 0 Å². The molecule has 0 radical (unpaired) electrons. The van der Waals surface area contributed by atoms with Gasteiger partial charge in [-0.3, -0.25) is 0 Å². The summed E-state index contributed by atoms with van der Waals surface area (Å²) < 4.78 is 0. The molecule has 0 spiro atoms. The van der Waals surface area contributed by atoms with E-state index in [4.69, 9.17) is 0 Å². The molecule has 6 heteroatoms. The highest BCUT2D eigenvalue weighted by Crippen LogP contribution is 2.21. The zero-order valence-electron chi connectivity index (χ0n) is 12.9. The average molecular weight is 280 g/mol. The summed E-state index contributed by atoms with van der Waals surface area (Å²) in [4.78, 5) is 13.6. The highest BCUT2D eigenvalue weighted by Gasteiger charge is 2.21. The molecule has 1 unspecified atom stereocenters. The first-order valence-electron chi connectivity index (χ1n) is 6.93. The van der Waals surface area contributed by atoms with Gasteiger partial charge in [-0.2, -0.15) is 5.10 Å². The van der Waals surface area contributed by atoms with Crippen molar-refractivity contribution in [1.29, 1.82) is 0 Å². The van der Waals surface area contributed by atoms with Gasteiger partial charge in [0.25, 0.3) is 0 Å². The Kier molecular flexibility index (Phi) is 5.88. The molecule has 112 valence electrons. The number of aromatic nitrogens is 2. The minimum atomic E-state index is -0.953. The highest BCUT2D eigenvalue weighted by atomic mass is 16.4. The van der Waals surface area contributed by atoms with Gasteiger partial charge < -0.3 is 15.3 Å². The number of hydrogen-bond acceptors (Lipinski definition) is 5. The zero-order chi connectivity index (χ0) is 15.3. The average Bonchev–Trinajstić information content (AvgIpc) is 2.36. The number of carboxylic acid groups (broad SMARTS) is 1. The molecular weight excluding hydrogens is 256 g/mol. The Morgan fingerprint density at radius 1 is 1.30 bits per heavy atom. The van der Waals surface area contributed by atoms with Crippen LogP contribution in [-0.2, 0) is 12.8 Å². The van der Waals surface area contributed by atoms with Crippen LogP contribution in [0, 0.1) is 0 Å². The number of rotatable bonds is 7. The molecule has 20 heavy (non-hydrogen) atoms. The first-order valence-corrected chi connectivity index (χ1v) is 6.93. The van der Waals surface area contributed by atoms with E-state index >= 15 is 0 Å². The monoisotopic (exact) mass is 280 g/mol. The Hall–Kier alpha value is -1.69. The number of aromatic carboxylic acids is 1. The van der Waals surface area contributed by atoms with Crippen LogP contribution < -0.4 is 5.32 Å². The minimum Gasteiger partial charge on any atom is -0.478 e. The van der Waals surface area contributed by atoms with Gasteiger partial charge in [0.1, 0.15) is 5.56 Å². The van der Waals surface area contributed by atoms with E-state index in [1.54, 1.807) is 0 Å². The summed E-state index contributed by atoms with van der Waals surface area (Å²) in [6, 6.07) is 0.0922. The molecule has 1 aromatic heterocycles. The lowest BCUT2D eigenvalue weighted by Crippen LogP contribution is -2.31. The smallest absolute Gasteiger partial charge is 0.339 e. The Balaban J connectivity index is 3.16. The second-order valence-corrected chi connectivity index (χ2v) is 5.17. The summed E-state index contributed by atoms with van der Waals surface area (Å²) in [5.41, 5.74) is 1.79. The molecule has 1 heterocycles. The fourth-order valence-corrected chi connectivity index (χ4v) is 2.33. The highest BCUT2D eigenvalue weighted by molar-refractivity contribution is 5.95. The molecule has 0 saturated heterocycles. The standard InChI is InChI=1S/C14H24N4O2/c1-6-10-11(7-2)16-17-13(12(10)14(19)20)15-9(3)8-18(4)5/h9H,6-8H2,1-5H3,(H,15,17)(H,19,20). The second-order valence-electron chi connectivity index (χ2n) is 5.17. The molecule has 0 fully saturated rings. The largest absolute Gasteiger partial charge is 0.478 e. The lowest BCUT2D eigenvalue weighted by molar-refractivity contribution is 0.0696. The first kappa shape index (κ1) is 16.4. The number of hydrogen-bond donors (Lipinski definition) is 2. The van der Waals surface area contributed by atoms with Gasteiger partial charge in [0.15, 0.2) is 5.82 Å². The maximum absolute atomic E-state index is 11.6. The van der Waals surface area contributed by atoms with Crippen molar-refractivity contribution in [3.8, 4) is 0 Å². The molecule has 1 rings (SSSR count). The van der Waals surface area contributed by atoms with Gasteiger partial charge in [-0.15, -0.1) is 5.10 Å². The minimum absolute atomic E-state index is 0.0922. The molecule has 6 nitrogen and oxygen atoms in total. The predicted octanol–water partition coefficient (Wildman–Crippen LogP) is 1.66. The van der Waals surface area contributed by atoms with E-state index in [9.17, 15) is 9.90 Å². The van der Waals surface area contributed by atoms with E-state index in [1.165, 1.54) is 0 Å². The molecule has 1 atom stereocenters. The normalized spacial score (nSPS) is 12.5. The van der Waals surface area contributed by atoms with Crippen LogP contribution in [0.4, 0.5) is 5.82 Å². The molecule has 0 bridgehead atoms. The van der Waals surface area contributed by atoms with Crippen molar-refractivity contribution in [2.45, 2.75) is 39.7 Å². The van der Waals surface area contributed by atoms with Crippen molar-refractivity contribution < 1.29 is 9.90 Å². The molecule has 0 amide bonds. The fraction of sp³-hybridized carbons (Fsp3) is 0.643. The summed E-state index contributed by atoms with van der Waals surface area (Å²) in [6.07, 6.45) is 1.32. The number of carbonyl (C=O) groups is 1. The van der Waals surface area contributed by atoms with E-state index in [1.807, 2.05) is 39.8 Å². The number of nitrogens with one attached hydrogen (secondary N) is 1. The number of aryl methyl sites for hydroxylation is 1. The summed E-state index contributed by atoms with van der Waals surface area (Å²) in [7, 11) is 3.94. The second kappa shape index (κ2) is 7.19. The first-order chi connectivity index (χ1) is 9.40. The van der Waals surface area contributed by atoms with Crippen molar-refractivity contribution in [2.24, 2.45) is 0 Å². The van der Waals surface area contributed by atoms with Crippen LogP contribution in [0.5, 0.6) is 0 Å². The predicted molar refractivity (Wildman–Crippen MR) is 79.4 cm³/mol. The van der Waals surface area contributed by atoms with Crippen molar-refractivity contribution in [2.75, 3.05) is 26.0 Å². The van der Waals surface area contributed by atoms with Gasteiger partial charge in [-0.05, 0) is 39.4 Å². The fourth-order valence-electron chi connectivity index (χ4n) is 2.33. The number of nitrogens with zero attached hydrogens (tertiary/aromatic N) is 3. The Labute approximate surface area is 120 Å². The van der Waals surface area contributed by atoms with Gasteiger partial charge in [-0.1, -0.05) is 13.8 Å². The van der Waals surface area contributed by atoms with E-state index in [2.05, 4.69) is 15.5 Å². The van der Waals surface area contributed by atoms with Gasteiger partial charge >= 0.3 is 5.97 Å². The molecule has 0 saturated carbocycles. The van der Waals surface area contributed by atoms with E-state index in [0.717, 1.165) is 17.8 Å². The number of anilines is 1. The van der Waals surface area contributed by atoms with Crippen LogP contribution >= 0.6 is 0 Å². The molecule has 0 aliphatic carbocycles. The van der Waals surface area contributed by atoms with Crippen LogP contribution in [0.1, 0.15) is 42.4 Å². The SMILES string of the molecule is CCc1nnc(NC(C)CN(C)C)c(C(=O)O)c1CC. The van der Waals surface area contributed by atoms with Crippen LogP contribution in [0.2, 0.25) is 0 Å². The summed E-state index contributed by atoms with van der Waals surface area (Å²) in [5.74, 6) is -0.591. The topological polar surface area (TPSA) is 78.4 Å². The zero-order valence-corrected chi connectivity index (χ0v) is 12.9. The number of likely N-dealkylation sites (N-methyl/N-ethyl adjacent to an activating group) is 1. The van der Waals surface area contributed by atoms with Crippen LogP contribution in [-0.4, -0.2) is 52.9 Å². The Bertz CT molecular complexity index is 474. The molecule has 1 aromatic rings. The van der Waals surface area contributed by atoms with Crippen molar-refractivity contribution in [3.05, 3.63) is 16.8 Å². The Morgan fingerprint density at radius 3 is 2.40 bits per heavy atom. The van der Waals surface area contributed by atoms with Crippen LogP contribution in [0.3, 0.4) is 0 Å². The van der Waals surface area contributed by atoms with Crippen molar-refractivity contribution in [3.63, 3.8) is 0 Å². The van der Waals surface area contributed by atoms with E-state index < -0.39 is 5.97 Å². The third-order valence-corrected chi connectivity index (χ3v) is 3.08. The van der Waals surface area contributed by atoms with Crippen molar-refractivity contribution in [1.82, 2.24) is 15.1 Å². The lowest BCUT2D eigenvalue weighted by Gasteiger charge is -2.20. The molecule has 0 aliphatic heterocycles. The van der Waals surface area contributed by atoms with Crippen molar-refractivity contribution >= 4 is 11.8 Å². The molecule has 0 aliphatic rings. The lowest BCUT2D eigenvalue weighted by atomic mass is 10.0. The quantitative estimate of drug-likeness (QED) is 0.791. The van der Waals surface area contributed by atoms with Gasteiger partial charge in [0.2, 0.25) is 0 Å². The summed E-state index contributed by atoms with van der Waals surface area (Å²) in [5, 5.41) is 20.8. The molecular formula is C14H24N4O2. The van der Waals surface area contributed by atoms with Gasteiger partial charge in [0.05, 0.1) is 5.69 Å². The van der Waals surface area contributed by atoms with Gasteiger partial charge in [-0.25, -0.2) is 4.79 Å². The Morgan fingerprint density at radius 2 is 1.95 bits per heavy atom. The molecule has 2 N–H and O–H groups in total. The summed E-state index contributed by atoms with van der Waals surface area (Å²) in [6.45, 7) is 6.68. The summed E-state index contributed by atoms with van der Waals surface area (Å²) >= 11 is 0.